The lowest BCUT2D eigenvalue weighted by Crippen LogP contribution is -2.38. The molecule has 2 N–H and O–H groups in total. The number of fused-ring (bicyclic) bond motifs is 6. The van der Waals surface area contributed by atoms with Crippen molar-refractivity contribution in [1.82, 2.24) is 28.9 Å². The molecule has 8 nitrogen and oxygen atoms in total. The first kappa shape index (κ1) is 50.0. The zero-order valence-electron chi connectivity index (χ0n) is 37.2. The first-order valence-electron chi connectivity index (χ1n) is 22.1. The zero-order chi connectivity index (χ0) is 51.7. The molecule has 0 aliphatic carbocycles. The summed E-state index contributed by atoms with van der Waals surface area (Å²) in [6, 6.07) is 11.0. The van der Waals surface area contributed by atoms with E-state index in [9.17, 15) is 71.1 Å². The minimum Gasteiger partial charge on any atom is -0.358 e. The smallest absolute Gasteiger partial charge is 0.358 e. The molecule has 0 bridgehead atoms. The van der Waals surface area contributed by atoms with E-state index in [1.54, 1.807) is 9.80 Å². The Morgan fingerprint density at radius 1 is 0.528 bits per heavy atom. The van der Waals surface area contributed by atoms with Gasteiger partial charge in [-0.3, -0.25) is 23.7 Å². The van der Waals surface area contributed by atoms with Gasteiger partial charge in [0, 0.05) is 111 Å². The number of halogens is 14. The highest BCUT2D eigenvalue weighted by Crippen LogP contribution is 2.41. The van der Waals surface area contributed by atoms with Crippen molar-refractivity contribution in [2.24, 2.45) is 0 Å². The molecule has 2 aliphatic rings. The fourth-order valence-electron chi connectivity index (χ4n) is 9.34. The number of nitrogens with zero attached hydrogens (tertiary/aromatic N) is 4. The van der Waals surface area contributed by atoms with E-state index in [1.165, 1.54) is 42.5 Å². The van der Waals surface area contributed by atoms with Gasteiger partial charge in [0.05, 0.1) is 22.3 Å². The first-order chi connectivity index (χ1) is 33.8. The molecule has 5 heterocycles. The summed E-state index contributed by atoms with van der Waals surface area (Å²) in [6.45, 7) is -1.22. The number of hydrogen-bond donors (Lipinski definition) is 2. The second kappa shape index (κ2) is 18.6. The van der Waals surface area contributed by atoms with Crippen molar-refractivity contribution in [1.29, 1.82) is 0 Å². The van der Waals surface area contributed by atoms with Crippen LogP contribution in [-0.2, 0) is 63.7 Å². The maximum atomic E-state index is 14.3. The third-order valence-electron chi connectivity index (χ3n) is 12.9. The summed E-state index contributed by atoms with van der Waals surface area (Å²) in [5.74, 6) is -1.09. The number of rotatable bonds is 10. The van der Waals surface area contributed by atoms with Crippen molar-refractivity contribution < 1.29 is 61.5 Å². The molecule has 22 heteroatoms. The van der Waals surface area contributed by atoms with E-state index in [2.05, 4.69) is 9.97 Å². The topological polar surface area (TPSA) is 82.1 Å². The van der Waals surface area contributed by atoms with Gasteiger partial charge < -0.3 is 9.97 Å². The van der Waals surface area contributed by atoms with Crippen molar-refractivity contribution in [3.63, 3.8) is 0 Å². The summed E-state index contributed by atoms with van der Waals surface area (Å²) in [7, 11) is 0. The first-order valence-corrected chi connectivity index (χ1v) is 22.1. The second-order valence-corrected chi connectivity index (χ2v) is 17.7. The Hall–Kier alpha value is -6.94. The number of benzene rings is 4. The number of alkyl halides is 12. The highest BCUT2D eigenvalue weighted by atomic mass is 19.4. The van der Waals surface area contributed by atoms with E-state index in [0.717, 1.165) is 34.3 Å². The van der Waals surface area contributed by atoms with Crippen molar-refractivity contribution >= 4 is 33.0 Å². The molecule has 0 saturated carbocycles. The van der Waals surface area contributed by atoms with Crippen molar-refractivity contribution in [3.8, 4) is 0 Å². The predicted molar refractivity (Wildman–Crippen MR) is 238 cm³/mol. The number of H-pyrrole nitrogens is 2. The van der Waals surface area contributed by atoms with Crippen molar-refractivity contribution in [2.45, 2.75) is 63.7 Å². The Morgan fingerprint density at radius 2 is 0.931 bits per heavy atom. The molecule has 0 spiro atoms. The van der Waals surface area contributed by atoms with Crippen molar-refractivity contribution in [3.05, 3.63) is 186 Å². The van der Waals surface area contributed by atoms with Gasteiger partial charge in [0.1, 0.15) is 11.6 Å². The van der Waals surface area contributed by atoms with E-state index in [4.69, 9.17) is 0 Å². The average Bonchev–Trinajstić information content (AvgIpc) is 3.85. The summed E-state index contributed by atoms with van der Waals surface area (Å²) in [6.07, 6.45) is -16.9. The molecule has 0 unspecified atom stereocenters. The molecule has 0 amide bonds. The highest BCUT2D eigenvalue weighted by Gasteiger charge is 2.39. The van der Waals surface area contributed by atoms with Crippen LogP contribution in [0, 0.1) is 11.6 Å². The number of hydrogen-bond acceptors (Lipinski definition) is 4. The van der Waals surface area contributed by atoms with Crippen molar-refractivity contribution in [2.75, 3.05) is 26.2 Å². The molecule has 0 saturated heterocycles. The van der Waals surface area contributed by atoms with E-state index < -0.39 is 94.1 Å². The molecule has 9 rings (SSSR count). The van der Waals surface area contributed by atoms with Gasteiger partial charge in [0.25, 0.3) is 5.56 Å². The molecule has 72 heavy (non-hydrogen) atoms. The van der Waals surface area contributed by atoms with Gasteiger partial charge >= 0.3 is 30.4 Å². The monoisotopic (exact) mass is 1020 g/mol. The molecule has 378 valence electrons. The number of aromatic amines is 2. The van der Waals surface area contributed by atoms with E-state index >= 15 is 0 Å². The van der Waals surface area contributed by atoms with Gasteiger partial charge in [-0.15, -0.1) is 0 Å². The SMILES string of the molecule is O=c1ccn(C/C=C(\CN2CCc3[nH]c4ccc(F)cc4c3C2)c2cc(C(F)(F)F)cc(C(F)(F)F)c2)c(=O)n1C/C=C(\CN1CCc2[nH]c3ccc(F)cc3c2C1)c1cc(C(F)(F)F)cc(C(F)(F)F)c1. The molecule has 3 aromatic heterocycles. The van der Waals surface area contributed by atoms with Crippen LogP contribution in [0.5, 0.6) is 0 Å². The fraction of sp³-hybridized carbons (Fsp3) is 0.280. The largest absolute Gasteiger partial charge is 0.416 e. The summed E-state index contributed by atoms with van der Waals surface area (Å²) in [5.41, 5.74) is -5.81. The average molecular weight is 1020 g/mol. The minimum atomic E-state index is -5.24. The Labute approximate surface area is 398 Å². The Kier molecular flexibility index (Phi) is 12.9. The normalized spacial score (nSPS) is 15.7. The maximum absolute atomic E-state index is 14.3. The van der Waals surface area contributed by atoms with Crippen LogP contribution in [0.15, 0.2) is 107 Å². The van der Waals surface area contributed by atoms with Crippen LogP contribution >= 0.6 is 0 Å². The standard InChI is InChI=1S/C50H38F14N6O2/c51-35-1-3-41-37(21-35)39-25-67(10-7-43(39)65-41)23-27(29-15-31(47(53,54)55)19-32(16-29)48(56,57)58)5-12-69-13-9-45(71)70(46(69)72)14-6-28(30-17-33(49(59,60)61)20-34(18-30)50(62,63)64)24-68-11-8-44-40(26-68)38-22-36(52)2-4-42(38)66-44/h1-6,9,13,15-22,65-66H,7-8,10-12,14,23-26H2/b27-5+,28-6+. The molecular weight excluding hydrogens is 983 g/mol. The number of allylic oxidation sites excluding steroid dienone is 2. The molecule has 7 aromatic rings. The number of aromatic nitrogens is 4. The molecule has 0 fully saturated rings. The van der Waals surface area contributed by atoms with E-state index in [-0.39, 0.29) is 62.5 Å². The molecular formula is C50H38F14N6O2. The Balaban J connectivity index is 1.09. The molecule has 0 radical (unpaired) electrons. The van der Waals surface area contributed by atoms with Crippen LogP contribution < -0.4 is 11.2 Å². The van der Waals surface area contributed by atoms with Crippen LogP contribution in [0.4, 0.5) is 61.5 Å². The van der Waals surface area contributed by atoms with E-state index in [0.29, 0.717) is 74.6 Å². The minimum absolute atomic E-state index is 0.0356. The third-order valence-corrected chi connectivity index (χ3v) is 12.9. The van der Waals surface area contributed by atoms with Crippen LogP contribution in [0.1, 0.15) is 55.9 Å². The summed E-state index contributed by atoms with van der Waals surface area (Å²) >= 11 is 0. The van der Waals surface area contributed by atoms with Crippen LogP contribution in [0.2, 0.25) is 0 Å². The summed E-state index contributed by atoms with van der Waals surface area (Å²) in [5, 5.41) is 1.03. The van der Waals surface area contributed by atoms with Crippen LogP contribution in [0.25, 0.3) is 33.0 Å². The molecule has 4 aromatic carbocycles. The third kappa shape index (κ3) is 10.5. The molecule has 0 atom stereocenters. The summed E-state index contributed by atoms with van der Waals surface area (Å²) < 4.78 is 200. The highest BCUT2D eigenvalue weighted by molar-refractivity contribution is 5.86. The quantitative estimate of drug-likeness (QED) is 0.134. The lowest BCUT2D eigenvalue weighted by Gasteiger charge is -2.29. The Bertz CT molecular complexity index is 3360. The zero-order valence-corrected chi connectivity index (χ0v) is 37.2. The lowest BCUT2D eigenvalue weighted by atomic mass is 9.97. The van der Waals surface area contributed by atoms with Gasteiger partial charge in [-0.2, -0.15) is 52.7 Å². The van der Waals surface area contributed by atoms with Crippen LogP contribution in [0.3, 0.4) is 0 Å². The maximum Gasteiger partial charge on any atom is 0.416 e. The lowest BCUT2D eigenvalue weighted by molar-refractivity contribution is -0.144. The molecule has 2 aliphatic heterocycles. The van der Waals surface area contributed by atoms with Gasteiger partial charge in [0.2, 0.25) is 0 Å². The number of nitrogens with one attached hydrogen (secondary N) is 2. The summed E-state index contributed by atoms with van der Waals surface area (Å²) in [4.78, 5) is 37.3. The predicted octanol–water partition coefficient (Wildman–Crippen LogP) is 11.6. The second-order valence-electron chi connectivity index (χ2n) is 17.7. The van der Waals surface area contributed by atoms with Gasteiger partial charge in [-0.1, -0.05) is 12.2 Å². The van der Waals surface area contributed by atoms with E-state index in [1.807, 2.05) is 0 Å². The Morgan fingerprint density at radius 3 is 1.33 bits per heavy atom. The van der Waals surface area contributed by atoms with Gasteiger partial charge in [-0.25, -0.2) is 13.6 Å². The van der Waals surface area contributed by atoms with Gasteiger partial charge in [-0.05, 0) is 106 Å². The fourth-order valence-corrected chi connectivity index (χ4v) is 9.34. The van der Waals surface area contributed by atoms with Gasteiger partial charge in [0.15, 0.2) is 0 Å². The van der Waals surface area contributed by atoms with Crippen LogP contribution in [-0.4, -0.2) is 55.1 Å².